The van der Waals surface area contributed by atoms with Crippen molar-refractivity contribution in [1.29, 1.82) is 0 Å². The summed E-state index contributed by atoms with van der Waals surface area (Å²) >= 11 is 0. The first-order valence-electron chi connectivity index (χ1n) is 10.9. The fourth-order valence-corrected chi connectivity index (χ4v) is 4.01. The Hall–Kier alpha value is -3.68. The fourth-order valence-electron chi connectivity index (χ4n) is 4.01. The number of ketones is 1. The SMILES string of the molecule is CCc1cc(=O)oc2cc(OCC(=O)N3CCN(c4ccc(C(C)=O)cc4F)CC3)ccc12. The summed E-state index contributed by atoms with van der Waals surface area (Å²) in [6.07, 6.45) is 0.706. The third-order valence-electron chi connectivity index (χ3n) is 5.87. The molecule has 1 amide bonds. The molecule has 0 spiro atoms. The third kappa shape index (κ3) is 4.89. The molecule has 8 heteroatoms. The van der Waals surface area contributed by atoms with Crippen LogP contribution in [0, 0.1) is 5.82 Å². The highest BCUT2D eigenvalue weighted by Gasteiger charge is 2.23. The molecule has 0 bridgehead atoms. The van der Waals surface area contributed by atoms with E-state index in [9.17, 15) is 18.8 Å². The van der Waals surface area contributed by atoms with Crippen molar-refractivity contribution in [2.75, 3.05) is 37.7 Å². The van der Waals surface area contributed by atoms with Gasteiger partial charge in [-0.05, 0) is 49.2 Å². The van der Waals surface area contributed by atoms with Crippen LogP contribution in [0.15, 0.2) is 51.7 Å². The highest BCUT2D eigenvalue weighted by atomic mass is 19.1. The van der Waals surface area contributed by atoms with Crippen LogP contribution in [0.2, 0.25) is 0 Å². The maximum absolute atomic E-state index is 14.4. The largest absolute Gasteiger partial charge is 0.484 e. The monoisotopic (exact) mass is 452 g/mol. The smallest absolute Gasteiger partial charge is 0.336 e. The molecule has 0 saturated carbocycles. The summed E-state index contributed by atoms with van der Waals surface area (Å²) in [7, 11) is 0. The number of piperazine rings is 1. The number of benzene rings is 2. The molecular weight excluding hydrogens is 427 g/mol. The summed E-state index contributed by atoms with van der Waals surface area (Å²) in [5.74, 6) is -0.361. The van der Waals surface area contributed by atoms with Crippen molar-refractivity contribution in [3.8, 4) is 5.75 Å². The lowest BCUT2D eigenvalue weighted by Crippen LogP contribution is -2.50. The van der Waals surface area contributed by atoms with Crippen LogP contribution in [0.3, 0.4) is 0 Å². The van der Waals surface area contributed by atoms with Gasteiger partial charge >= 0.3 is 5.63 Å². The van der Waals surface area contributed by atoms with Gasteiger partial charge in [-0.15, -0.1) is 0 Å². The van der Waals surface area contributed by atoms with Crippen molar-refractivity contribution >= 4 is 28.3 Å². The number of nitrogens with zero attached hydrogens (tertiary/aromatic N) is 2. The van der Waals surface area contributed by atoms with Crippen LogP contribution >= 0.6 is 0 Å². The quantitative estimate of drug-likeness (QED) is 0.421. The number of ether oxygens (including phenoxy) is 1. The Morgan fingerprint density at radius 3 is 2.48 bits per heavy atom. The van der Waals surface area contributed by atoms with Gasteiger partial charge in [0.25, 0.3) is 5.91 Å². The van der Waals surface area contributed by atoms with E-state index in [4.69, 9.17) is 9.15 Å². The van der Waals surface area contributed by atoms with Gasteiger partial charge in [-0.3, -0.25) is 9.59 Å². The lowest BCUT2D eigenvalue weighted by atomic mass is 10.1. The second-order valence-corrected chi connectivity index (χ2v) is 7.98. The Kier molecular flexibility index (Phi) is 6.44. The van der Waals surface area contributed by atoms with E-state index in [0.29, 0.717) is 55.2 Å². The van der Waals surface area contributed by atoms with E-state index in [2.05, 4.69) is 0 Å². The van der Waals surface area contributed by atoms with Crippen LogP contribution in [-0.2, 0) is 11.2 Å². The fraction of sp³-hybridized carbons (Fsp3) is 0.320. The maximum atomic E-state index is 14.4. The first-order chi connectivity index (χ1) is 15.9. The number of anilines is 1. The van der Waals surface area contributed by atoms with Gasteiger partial charge < -0.3 is 19.0 Å². The number of aryl methyl sites for hydroxylation is 1. The number of carbonyl (C=O) groups is 2. The van der Waals surface area contributed by atoms with Gasteiger partial charge in [0.2, 0.25) is 0 Å². The first-order valence-corrected chi connectivity index (χ1v) is 10.9. The molecule has 0 radical (unpaired) electrons. The number of hydrogen-bond acceptors (Lipinski definition) is 6. The van der Waals surface area contributed by atoms with E-state index in [1.807, 2.05) is 17.9 Å². The normalized spacial score (nSPS) is 13.9. The Morgan fingerprint density at radius 1 is 1.06 bits per heavy atom. The van der Waals surface area contributed by atoms with Crippen molar-refractivity contribution in [3.63, 3.8) is 0 Å². The molecule has 0 atom stereocenters. The molecule has 7 nitrogen and oxygen atoms in total. The van der Waals surface area contributed by atoms with Gasteiger partial charge in [-0.1, -0.05) is 6.92 Å². The van der Waals surface area contributed by atoms with Gasteiger partial charge in [0.15, 0.2) is 12.4 Å². The van der Waals surface area contributed by atoms with E-state index in [0.717, 1.165) is 10.9 Å². The third-order valence-corrected chi connectivity index (χ3v) is 5.87. The van der Waals surface area contributed by atoms with Crippen LogP contribution < -0.4 is 15.3 Å². The molecular formula is C25H25FN2O5. The van der Waals surface area contributed by atoms with Crippen LogP contribution in [0.4, 0.5) is 10.1 Å². The number of amides is 1. The topological polar surface area (TPSA) is 80.1 Å². The Bertz CT molecular complexity index is 1260. The number of carbonyl (C=O) groups excluding carboxylic acids is 2. The van der Waals surface area contributed by atoms with Gasteiger partial charge in [-0.2, -0.15) is 0 Å². The molecule has 4 rings (SSSR count). The summed E-state index contributed by atoms with van der Waals surface area (Å²) in [5, 5.41) is 0.843. The standard InChI is InChI=1S/C25H25FN2O5/c1-3-17-13-25(31)33-23-14-19(5-6-20(17)23)32-15-24(30)28-10-8-27(9-11-28)22-7-4-18(16(2)29)12-21(22)26/h4-7,12-14H,3,8-11,15H2,1-2H3. The zero-order valence-electron chi connectivity index (χ0n) is 18.6. The molecule has 172 valence electrons. The van der Waals surface area contributed by atoms with Gasteiger partial charge in [0, 0.05) is 49.3 Å². The predicted octanol–water partition coefficient (Wildman–Crippen LogP) is 3.42. The highest BCUT2D eigenvalue weighted by molar-refractivity contribution is 5.94. The number of rotatable bonds is 6. The maximum Gasteiger partial charge on any atom is 0.336 e. The van der Waals surface area contributed by atoms with E-state index < -0.39 is 11.4 Å². The molecule has 0 N–H and O–H groups in total. The minimum atomic E-state index is -0.444. The van der Waals surface area contributed by atoms with E-state index in [1.165, 1.54) is 19.1 Å². The molecule has 1 aliphatic rings. The molecule has 0 aliphatic carbocycles. The molecule has 1 aromatic heterocycles. The van der Waals surface area contributed by atoms with Crippen molar-refractivity contribution in [1.82, 2.24) is 4.90 Å². The average molecular weight is 452 g/mol. The molecule has 0 unspecified atom stereocenters. The number of halogens is 1. The number of Topliss-reactive ketones (excluding diaryl/α,β-unsaturated/α-hetero) is 1. The molecule has 1 fully saturated rings. The van der Waals surface area contributed by atoms with Crippen molar-refractivity contribution in [3.05, 3.63) is 69.8 Å². The van der Waals surface area contributed by atoms with E-state index in [1.54, 1.807) is 29.2 Å². The van der Waals surface area contributed by atoms with Crippen molar-refractivity contribution < 1.29 is 23.1 Å². The van der Waals surface area contributed by atoms with Crippen LogP contribution in [0.5, 0.6) is 5.75 Å². The summed E-state index contributed by atoms with van der Waals surface area (Å²) in [4.78, 5) is 39.3. The second kappa shape index (κ2) is 9.44. The van der Waals surface area contributed by atoms with E-state index >= 15 is 0 Å². The van der Waals surface area contributed by atoms with Gasteiger partial charge in [0.1, 0.15) is 17.1 Å². The average Bonchev–Trinajstić information content (AvgIpc) is 2.81. The number of fused-ring (bicyclic) bond motifs is 1. The van der Waals surface area contributed by atoms with Crippen molar-refractivity contribution in [2.45, 2.75) is 20.3 Å². The molecule has 2 aromatic carbocycles. The Morgan fingerprint density at radius 2 is 1.82 bits per heavy atom. The summed E-state index contributed by atoms with van der Waals surface area (Å²) < 4.78 is 25.3. The first kappa shape index (κ1) is 22.5. The minimum absolute atomic E-state index is 0.148. The molecule has 1 saturated heterocycles. The second-order valence-electron chi connectivity index (χ2n) is 7.98. The summed E-state index contributed by atoms with van der Waals surface area (Å²) in [6.45, 7) is 5.03. The predicted molar refractivity (Wildman–Crippen MR) is 123 cm³/mol. The van der Waals surface area contributed by atoms with E-state index in [-0.39, 0.29) is 18.3 Å². The minimum Gasteiger partial charge on any atom is -0.484 e. The van der Waals surface area contributed by atoms with Crippen LogP contribution in [0.25, 0.3) is 11.0 Å². The highest BCUT2D eigenvalue weighted by Crippen LogP contribution is 2.24. The molecule has 1 aliphatic heterocycles. The zero-order valence-corrected chi connectivity index (χ0v) is 18.6. The molecule has 3 aromatic rings. The van der Waals surface area contributed by atoms with Crippen molar-refractivity contribution in [2.24, 2.45) is 0 Å². The summed E-state index contributed by atoms with van der Waals surface area (Å²) in [5.41, 5.74) is 1.66. The summed E-state index contributed by atoms with van der Waals surface area (Å²) in [6, 6.07) is 11.1. The lowest BCUT2D eigenvalue weighted by Gasteiger charge is -2.36. The number of hydrogen-bond donors (Lipinski definition) is 0. The lowest BCUT2D eigenvalue weighted by molar-refractivity contribution is -0.133. The van der Waals surface area contributed by atoms with Gasteiger partial charge in [0.05, 0.1) is 5.69 Å². The zero-order chi connectivity index (χ0) is 23.5. The Balaban J connectivity index is 1.35. The Labute approximate surface area is 190 Å². The van der Waals surface area contributed by atoms with Crippen LogP contribution in [-0.4, -0.2) is 49.4 Å². The molecule has 2 heterocycles. The van der Waals surface area contributed by atoms with Gasteiger partial charge in [-0.25, -0.2) is 9.18 Å². The van der Waals surface area contributed by atoms with Crippen LogP contribution in [0.1, 0.15) is 29.8 Å². The molecule has 33 heavy (non-hydrogen) atoms.